The summed E-state index contributed by atoms with van der Waals surface area (Å²) >= 11 is 2.83. The van der Waals surface area contributed by atoms with Gasteiger partial charge in [0, 0.05) is 17.1 Å². The van der Waals surface area contributed by atoms with E-state index in [0.29, 0.717) is 11.7 Å². The molecule has 6 nitrogen and oxygen atoms in total. The number of anilines is 1. The van der Waals surface area contributed by atoms with Crippen LogP contribution in [-0.4, -0.2) is 28.2 Å². The number of hydrogen-bond acceptors (Lipinski definition) is 6. The number of carbonyl (C=O) groups excluding carboxylic acids is 1. The molecule has 148 valence electrons. The maximum atomic E-state index is 12.8. The number of para-hydroxylation sites is 1. The van der Waals surface area contributed by atoms with Crippen molar-refractivity contribution in [2.45, 2.75) is 37.3 Å². The molecule has 4 rings (SSSR count). The van der Waals surface area contributed by atoms with Gasteiger partial charge in [-0.1, -0.05) is 30.0 Å². The molecule has 1 aromatic carbocycles. The van der Waals surface area contributed by atoms with E-state index in [1.165, 1.54) is 16.6 Å². The Morgan fingerprint density at radius 2 is 2.07 bits per heavy atom. The van der Waals surface area contributed by atoms with Gasteiger partial charge in [0.1, 0.15) is 4.83 Å². The molecule has 1 N–H and O–H groups in total. The molecule has 0 spiro atoms. The molecule has 0 fully saturated rings. The van der Waals surface area contributed by atoms with Crippen molar-refractivity contribution in [2.24, 2.45) is 0 Å². The minimum absolute atomic E-state index is 0.117. The van der Waals surface area contributed by atoms with Crippen LogP contribution in [-0.2, 0) is 17.6 Å². The molecule has 29 heavy (non-hydrogen) atoms. The summed E-state index contributed by atoms with van der Waals surface area (Å²) in [6.07, 6.45) is 4.48. The summed E-state index contributed by atoms with van der Waals surface area (Å²) < 4.78 is 0. The summed E-state index contributed by atoms with van der Waals surface area (Å²) in [4.78, 5) is 36.5. The van der Waals surface area contributed by atoms with Crippen LogP contribution in [0.5, 0.6) is 0 Å². The zero-order valence-corrected chi connectivity index (χ0v) is 17.4. The van der Waals surface area contributed by atoms with Crippen LogP contribution in [0.2, 0.25) is 0 Å². The number of carbonyl (C=O) groups is 1. The van der Waals surface area contributed by atoms with Gasteiger partial charge >= 0.3 is 0 Å². The molecule has 3 aromatic rings. The number of benzene rings is 1. The summed E-state index contributed by atoms with van der Waals surface area (Å²) in [6.45, 7) is 0.334. The molecule has 0 saturated heterocycles. The average molecular weight is 425 g/mol. The van der Waals surface area contributed by atoms with Crippen LogP contribution in [0.15, 0.2) is 40.3 Å². The van der Waals surface area contributed by atoms with Crippen LogP contribution in [0, 0.1) is 11.3 Å². The lowest BCUT2D eigenvalue weighted by molar-refractivity contribution is -0.116. The van der Waals surface area contributed by atoms with Crippen LogP contribution in [0.3, 0.4) is 0 Å². The van der Waals surface area contributed by atoms with Crippen molar-refractivity contribution < 1.29 is 4.79 Å². The molecule has 2 heterocycles. The SMILES string of the molecule is N#CCCN(C(=O)CSc1nc2sc3c(c2c(=O)[nH]1)CCCC3)c1ccccc1. The number of nitriles is 1. The van der Waals surface area contributed by atoms with Crippen molar-refractivity contribution in [2.75, 3.05) is 17.2 Å². The fourth-order valence-electron chi connectivity index (χ4n) is 3.59. The zero-order valence-electron chi connectivity index (χ0n) is 15.8. The molecule has 0 bridgehead atoms. The molecule has 8 heteroatoms. The Kier molecular flexibility index (Phi) is 5.97. The fraction of sp³-hybridized carbons (Fsp3) is 0.333. The number of nitrogens with zero attached hydrogens (tertiary/aromatic N) is 3. The summed E-state index contributed by atoms with van der Waals surface area (Å²) in [5.74, 6) is 0.0181. The largest absolute Gasteiger partial charge is 0.311 e. The van der Waals surface area contributed by atoms with E-state index in [1.807, 2.05) is 30.3 Å². The van der Waals surface area contributed by atoms with Gasteiger partial charge in [-0.05, 0) is 43.4 Å². The van der Waals surface area contributed by atoms with Gasteiger partial charge in [-0.3, -0.25) is 9.59 Å². The molecule has 0 aliphatic heterocycles. The standard InChI is InChI=1S/C21H20N4O2S2/c22-11-6-12-25(14-7-2-1-3-8-14)17(26)13-28-21-23-19(27)18-15-9-4-5-10-16(15)29-20(18)24-21/h1-3,7-8H,4-6,9-10,12-13H2,(H,23,24,27). The topological polar surface area (TPSA) is 89.8 Å². The number of nitrogens with one attached hydrogen (secondary N) is 1. The van der Waals surface area contributed by atoms with Crippen molar-refractivity contribution in [3.63, 3.8) is 0 Å². The Morgan fingerprint density at radius 1 is 1.28 bits per heavy atom. The molecule has 0 atom stereocenters. The van der Waals surface area contributed by atoms with Crippen molar-refractivity contribution in [3.05, 3.63) is 51.1 Å². The third-order valence-corrected chi connectivity index (χ3v) is 7.00. The van der Waals surface area contributed by atoms with Crippen molar-refractivity contribution in [1.29, 1.82) is 5.26 Å². The normalized spacial score (nSPS) is 13.1. The Labute approximate surface area is 176 Å². The van der Waals surface area contributed by atoms with E-state index in [0.717, 1.165) is 47.2 Å². The highest BCUT2D eigenvalue weighted by atomic mass is 32.2. The van der Waals surface area contributed by atoms with Gasteiger partial charge in [-0.2, -0.15) is 5.26 Å². The van der Waals surface area contributed by atoms with Crippen LogP contribution < -0.4 is 10.5 Å². The van der Waals surface area contributed by atoms with Crippen LogP contribution in [0.4, 0.5) is 5.69 Å². The van der Waals surface area contributed by atoms with E-state index < -0.39 is 0 Å². The third-order valence-electron chi connectivity index (χ3n) is 4.95. The summed E-state index contributed by atoms with van der Waals surface area (Å²) in [6, 6.07) is 11.4. The Morgan fingerprint density at radius 3 is 2.86 bits per heavy atom. The number of hydrogen-bond donors (Lipinski definition) is 1. The maximum absolute atomic E-state index is 12.8. The number of amides is 1. The van der Waals surface area contributed by atoms with E-state index in [2.05, 4.69) is 16.0 Å². The Bertz CT molecular complexity index is 1130. The molecule has 1 aliphatic rings. The van der Waals surface area contributed by atoms with E-state index in [4.69, 9.17) is 5.26 Å². The number of aromatic amines is 1. The Balaban J connectivity index is 1.53. The number of thiophene rings is 1. The lowest BCUT2D eigenvalue weighted by atomic mass is 9.97. The van der Waals surface area contributed by atoms with E-state index in [9.17, 15) is 9.59 Å². The highest BCUT2D eigenvalue weighted by molar-refractivity contribution is 7.99. The van der Waals surface area contributed by atoms with Crippen molar-refractivity contribution in [3.8, 4) is 6.07 Å². The lowest BCUT2D eigenvalue weighted by Gasteiger charge is -2.21. The zero-order chi connectivity index (χ0) is 20.2. The van der Waals surface area contributed by atoms with E-state index >= 15 is 0 Å². The first kappa shape index (κ1) is 19.7. The van der Waals surface area contributed by atoms with Gasteiger partial charge in [0.15, 0.2) is 5.16 Å². The summed E-state index contributed by atoms with van der Waals surface area (Å²) in [5.41, 5.74) is 1.80. The highest BCUT2D eigenvalue weighted by Gasteiger charge is 2.21. The first-order valence-corrected chi connectivity index (χ1v) is 11.4. The molecular formula is C21H20N4O2S2. The van der Waals surface area contributed by atoms with Gasteiger partial charge in [0.25, 0.3) is 5.56 Å². The smallest absolute Gasteiger partial charge is 0.260 e. The highest BCUT2D eigenvalue weighted by Crippen LogP contribution is 2.34. The van der Waals surface area contributed by atoms with Crippen molar-refractivity contribution >= 4 is 44.9 Å². The van der Waals surface area contributed by atoms with E-state index in [-0.39, 0.29) is 23.6 Å². The third kappa shape index (κ3) is 4.21. The fourth-order valence-corrected chi connectivity index (χ4v) is 5.64. The quantitative estimate of drug-likeness (QED) is 0.479. The number of fused-ring (bicyclic) bond motifs is 3. The predicted octanol–water partition coefficient (Wildman–Crippen LogP) is 3.90. The predicted molar refractivity (Wildman–Crippen MR) is 117 cm³/mol. The molecule has 0 unspecified atom stereocenters. The van der Waals surface area contributed by atoms with Gasteiger partial charge in [-0.25, -0.2) is 4.98 Å². The molecule has 1 aliphatic carbocycles. The number of H-pyrrole nitrogens is 1. The number of aryl methyl sites for hydroxylation is 2. The van der Waals surface area contributed by atoms with E-state index in [1.54, 1.807) is 16.2 Å². The number of aromatic nitrogens is 2. The summed E-state index contributed by atoms with van der Waals surface area (Å²) in [7, 11) is 0. The average Bonchev–Trinajstić information content (AvgIpc) is 3.12. The second-order valence-corrected chi connectivity index (χ2v) is 8.89. The Hall–Kier alpha value is -2.63. The second kappa shape index (κ2) is 8.80. The van der Waals surface area contributed by atoms with Crippen molar-refractivity contribution in [1.82, 2.24) is 9.97 Å². The van der Waals surface area contributed by atoms with Gasteiger partial charge in [0.05, 0.1) is 23.6 Å². The van der Waals surface area contributed by atoms with Gasteiger partial charge in [-0.15, -0.1) is 11.3 Å². The molecular weight excluding hydrogens is 404 g/mol. The van der Waals surface area contributed by atoms with Crippen LogP contribution in [0.1, 0.15) is 29.7 Å². The molecule has 2 aromatic heterocycles. The van der Waals surface area contributed by atoms with Gasteiger partial charge < -0.3 is 9.88 Å². The monoisotopic (exact) mass is 424 g/mol. The lowest BCUT2D eigenvalue weighted by Crippen LogP contribution is -2.33. The maximum Gasteiger partial charge on any atom is 0.260 e. The molecule has 0 saturated carbocycles. The van der Waals surface area contributed by atoms with Crippen LogP contribution >= 0.6 is 23.1 Å². The number of rotatable bonds is 6. The minimum Gasteiger partial charge on any atom is -0.311 e. The molecule has 1 amide bonds. The minimum atomic E-state index is -0.121. The second-order valence-electron chi connectivity index (χ2n) is 6.84. The first-order valence-electron chi connectivity index (χ1n) is 9.57. The summed E-state index contributed by atoms with van der Waals surface area (Å²) in [5, 5.41) is 10.1. The van der Waals surface area contributed by atoms with Crippen LogP contribution in [0.25, 0.3) is 10.2 Å². The number of thioether (sulfide) groups is 1. The van der Waals surface area contributed by atoms with Gasteiger partial charge in [0.2, 0.25) is 5.91 Å². The first-order chi connectivity index (χ1) is 14.2. The molecule has 0 radical (unpaired) electrons.